The lowest BCUT2D eigenvalue weighted by atomic mass is 9.77. The Morgan fingerprint density at radius 2 is 1.86 bits per heavy atom. The second kappa shape index (κ2) is 10.2. The third-order valence-electron chi connectivity index (χ3n) is 6.44. The number of carbonyl (C=O) groups excluding carboxylic acids is 4. The van der Waals surface area contributed by atoms with Crippen LogP contribution in [0.5, 0.6) is 5.75 Å². The molecule has 1 saturated carbocycles. The molecule has 0 bridgehead atoms. The molecular formula is C26H29N3O6. The number of benzene rings is 2. The zero-order valence-corrected chi connectivity index (χ0v) is 19.8. The van der Waals surface area contributed by atoms with Crippen LogP contribution in [-0.4, -0.2) is 41.0 Å². The van der Waals surface area contributed by atoms with Crippen molar-refractivity contribution in [2.45, 2.75) is 51.7 Å². The van der Waals surface area contributed by atoms with Crippen LogP contribution in [-0.2, 0) is 20.9 Å². The molecule has 9 heteroatoms. The van der Waals surface area contributed by atoms with Crippen LogP contribution in [0.1, 0.15) is 54.1 Å². The number of hydrazine groups is 1. The molecule has 184 valence electrons. The van der Waals surface area contributed by atoms with Gasteiger partial charge in [0.1, 0.15) is 23.5 Å². The van der Waals surface area contributed by atoms with Gasteiger partial charge in [-0.1, -0.05) is 48.9 Å². The molecule has 2 fully saturated rings. The van der Waals surface area contributed by atoms with Gasteiger partial charge in [-0.3, -0.25) is 15.0 Å². The predicted octanol–water partition coefficient (Wildman–Crippen LogP) is 3.26. The van der Waals surface area contributed by atoms with Gasteiger partial charge in [0.05, 0.1) is 0 Å². The number of para-hydroxylation sites is 1. The zero-order valence-electron chi connectivity index (χ0n) is 19.8. The lowest BCUT2D eigenvalue weighted by Gasteiger charge is -2.33. The van der Waals surface area contributed by atoms with Crippen LogP contribution < -0.4 is 15.5 Å². The quantitative estimate of drug-likeness (QED) is 0.465. The number of urea groups is 1. The number of hydrogen-bond acceptors (Lipinski definition) is 6. The summed E-state index contributed by atoms with van der Waals surface area (Å²) in [6, 6.07) is 13.7. The highest BCUT2D eigenvalue weighted by molar-refractivity contribution is 6.08. The first-order chi connectivity index (χ1) is 16.8. The first-order valence-electron chi connectivity index (χ1n) is 11.7. The summed E-state index contributed by atoms with van der Waals surface area (Å²) in [4.78, 5) is 50.2. The molecule has 1 heterocycles. The summed E-state index contributed by atoms with van der Waals surface area (Å²) in [5.74, 6) is -1.22. The summed E-state index contributed by atoms with van der Waals surface area (Å²) in [6.45, 7) is 3.69. The molecule has 2 aliphatic rings. The molecule has 9 nitrogen and oxygen atoms in total. The van der Waals surface area contributed by atoms with E-state index in [9.17, 15) is 19.2 Å². The summed E-state index contributed by atoms with van der Waals surface area (Å²) in [5.41, 5.74) is 3.50. The molecule has 2 N–H and O–H groups in total. The molecule has 2 aromatic rings. The van der Waals surface area contributed by atoms with Crippen molar-refractivity contribution in [2.24, 2.45) is 5.92 Å². The van der Waals surface area contributed by atoms with Gasteiger partial charge in [-0.25, -0.2) is 9.59 Å². The standard InChI is InChI=1S/C26H29N3O6/c1-17-10-12-26(13-11-17)24(32)29(25(33)27-26)28-22(30)16-35-23(31)20-8-3-4-9-21(20)34-15-19-7-5-6-18(2)14-19/h3-9,14,17H,10-13,15-16H2,1-2H3,(H,27,33)(H,28,30). The first kappa shape index (κ1) is 24.3. The molecule has 1 spiro atoms. The van der Waals surface area contributed by atoms with Crippen LogP contribution in [0, 0.1) is 12.8 Å². The molecule has 0 atom stereocenters. The van der Waals surface area contributed by atoms with Crippen molar-refractivity contribution >= 4 is 23.8 Å². The Balaban J connectivity index is 1.32. The fourth-order valence-electron chi connectivity index (χ4n) is 4.41. The van der Waals surface area contributed by atoms with Crippen LogP contribution in [0.3, 0.4) is 0 Å². The van der Waals surface area contributed by atoms with Gasteiger partial charge < -0.3 is 14.8 Å². The third kappa shape index (κ3) is 5.45. The van der Waals surface area contributed by atoms with Crippen molar-refractivity contribution in [2.75, 3.05) is 6.61 Å². The van der Waals surface area contributed by atoms with E-state index in [1.54, 1.807) is 18.2 Å². The number of rotatable bonds is 7. The number of nitrogens with zero attached hydrogens (tertiary/aromatic N) is 1. The van der Waals surface area contributed by atoms with Crippen molar-refractivity contribution in [3.63, 3.8) is 0 Å². The molecule has 4 rings (SSSR count). The first-order valence-corrected chi connectivity index (χ1v) is 11.7. The Labute approximate surface area is 203 Å². The number of imide groups is 1. The zero-order chi connectivity index (χ0) is 25.0. The number of nitrogens with one attached hydrogen (secondary N) is 2. The van der Waals surface area contributed by atoms with Gasteiger partial charge in [-0.15, -0.1) is 0 Å². The lowest BCUT2D eigenvalue weighted by molar-refractivity contribution is -0.141. The van der Waals surface area contributed by atoms with Crippen LogP contribution in [0.15, 0.2) is 48.5 Å². The Bertz CT molecular complexity index is 1140. The maximum absolute atomic E-state index is 12.9. The van der Waals surface area contributed by atoms with Gasteiger partial charge in [0.15, 0.2) is 6.61 Å². The largest absolute Gasteiger partial charge is 0.488 e. The van der Waals surface area contributed by atoms with E-state index in [2.05, 4.69) is 17.7 Å². The van der Waals surface area contributed by atoms with E-state index in [-0.39, 0.29) is 12.2 Å². The minimum atomic E-state index is -0.971. The van der Waals surface area contributed by atoms with Gasteiger partial charge in [0.25, 0.3) is 11.8 Å². The fourth-order valence-corrected chi connectivity index (χ4v) is 4.41. The maximum atomic E-state index is 12.9. The van der Waals surface area contributed by atoms with Crippen molar-refractivity contribution < 1.29 is 28.7 Å². The minimum absolute atomic E-state index is 0.165. The van der Waals surface area contributed by atoms with E-state index in [1.165, 1.54) is 6.07 Å². The van der Waals surface area contributed by atoms with E-state index in [1.807, 2.05) is 31.2 Å². The third-order valence-corrected chi connectivity index (χ3v) is 6.44. The molecule has 0 unspecified atom stereocenters. The Kier molecular flexibility index (Phi) is 7.04. The van der Waals surface area contributed by atoms with Crippen molar-refractivity contribution in [3.8, 4) is 5.75 Å². The number of ether oxygens (including phenoxy) is 2. The highest BCUT2D eigenvalue weighted by atomic mass is 16.5. The average Bonchev–Trinajstić information content (AvgIpc) is 3.07. The summed E-state index contributed by atoms with van der Waals surface area (Å²) < 4.78 is 10.9. The number of esters is 1. The molecule has 2 aromatic carbocycles. The van der Waals surface area contributed by atoms with Crippen molar-refractivity contribution in [1.29, 1.82) is 0 Å². The molecule has 0 aromatic heterocycles. The van der Waals surface area contributed by atoms with Crippen LogP contribution >= 0.6 is 0 Å². The van der Waals surface area contributed by atoms with E-state index >= 15 is 0 Å². The highest BCUT2D eigenvalue weighted by Gasteiger charge is 2.52. The monoisotopic (exact) mass is 479 g/mol. The van der Waals surface area contributed by atoms with Gasteiger partial charge in [0, 0.05) is 0 Å². The Hall–Kier alpha value is -3.88. The second-order valence-corrected chi connectivity index (χ2v) is 9.22. The van der Waals surface area contributed by atoms with E-state index in [4.69, 9.17) is 9.47 Å². The van der Waals surface area contributed by atoms with Crippen LogP contribution in [0.25, 0.3) is 0 Å². The maximum Gasteiger partial charge on any atom is 0.344 e. The second-order valence-electron chi connectivity index (χ2n) is 9.22. The number of aryl methyl sites for hydroxylation is 1. The average molecular weight is 480 g/mol. The van der Waals surface area contributed by atoms with Gasteiger partial charge >= 0.3 is 12.0 Å². The smallest absolute Gasteiger partial charge is 0.344 e. The van der Waals surface area contributed by atoms with Crippen LogP contribution in [0.2, 0.25) is 0 Å². The molecule has 1 saturated heterocycles. The van der Waals surface area contributed by atoms with Gasteiger partial charge in [0.2, 0.25) is 0 Å². The topological polar surface area (TPSA) is 114 Å². The summed E-state index contributed by atoms with van der Waals surface area (Å²) in [6.07, 6.45) is 2.69. The van der Waals surface area contributed by atoms with Crippen molar-refractivity contribution in [1.82, 2.24) is 15.8 Å². The van der Waals surface area contributed by atoms with Gasteiger partial charge in [-0.05, 0) is 56.2 Å². The highest BCUT2D eigenvalue weighted by Crippen LogP contribution is 2.35. The van der Waals surface area contributed by atoms with Gasteiger partial charge in [-0.2, -0.15) is 5.01 Å². The molecule has 1 aliphatic carbocycles. The van der Waals surface area contributed by atoms with Crippen LogP contribution in [0.4, 0.5) is 4.79 Å². The van der Waals surface area contributed by atoms with E-state index < -0.39 is 36.0 Å². The summed E-state index contributed by atoms with van der Waals surface area (Å²) in [7, 11) is 0. The Morgan fingerprint density at radius 1 is 1.11 bits per heavy atom. The van der Waals surface area contributed by atoms with Crippen molar-refractivity contribution in [3.05, 3.63) is 65.2 Å². The SMILES string of the molecule is Cc1cccc(COc2ccccc2C(=O)OCC(=O)NN2C(=O)NC3(CCC(C)CC3)C2=O)c1. The molecule has 1 aliphatic heterocycles. The molecule has 35 heavy (non-hydrogen) atoms. The number of hydrogen-bond donors (Lipinski definition) is 2. The Morgan fingerprint density at radius 3 is 2.60 bits per heavy atom. The molecule has 4 amide bonds. The fraction of sp³-hybridized carbons (Fsp3) is 0.385. The summed E-state index contributed by atoms with van der Waals surface area (Å²) >= 11 is 0. The van der Waals surface area contributed by atoms with E-state index in [0.29, 0.717) is 29.5 Å². The number of amides is 4. The predicted molar refractivity (Wildman–Crippen MR) is 126 cm³/mol. The normalized spacial score (nSPS) is 21.5. The summed E-state index contributed by atoms with van der Waals surface area (Å²) in [5, 5.41) is 3.41. The molecular weight excluding hydrogens is 450 g/mol. The van der Waals surface area contributed by atoms with E-state index in [0.717, 1.165) is 24.0 Å². The number of carbonyl (C=O) groups is 4. The minimum Gasteiger partial charge on any atom is -0.488 e. The molecule has 0 radical (unpaired) electrons. The lowest BCUT2D eigenvalue weighted by Crippen LogP contribution is -2.52.